The van der Waals surface area contributed by atoms with Gasteiger partial charge >= 0.3 is 0 Å². The van der Waals surface area contributed by atoms with Gasteiger partial charge in [-0.05, 0) is 97.3 Å². The number of rotatable bonds is 11. The Morgan fingerprint density at radius 2 is 0.933 bits per heavy atom. The highest BCUT2D eigenvalue weighted by Crippen LogP contribution is 2.21. The number of Topliss-reactive ketones (excluding diaryl/α,β-unsaturated/α-hetero) is 1. The molecule has 0 aromatic carbocycles. The molecular formula is C37H74N6O2. The van der Waals surface area contributed by atoms with Crippen molar-refractivity contribution in [3.8, 4) is 0 Å². The number of likely N-dealkylation sites (tertiary alicyclic amines) is 2. The summed E-state index contributed by atoms with van der Waals surface area (Å²) in [6.45, 7) is 37.5. The Morgan fingerprint density at radius 1 is 0.556 bits per heavy atom. The monoisotopic (exact) mass is 635 g/mol. The zero-order valence-corrected chi connectivity index (χ0v) is 31.2. The molecule has 4 saturated heterocycles. The fourth-order valence-corrected chi connectivity index (χ4v) is 6.83. The van der Waals surface area contributed by atoms with Crippen molar-refractivity contribution in [3.05, 3.63) is 0 Å². The number of piperidine rings is 2. The summed E-state index contributed by atoms with van der Waals surface area (Å²) in [6, 6.07) is 1.39. The minimum atomic E-state index is 0.176. The highest BCUT2D eigenvalue weighted by atomic mass is 16.1. The van der Waals surface area contributed by atoms with Gasteiger partial charge in [-0.1, -0.05) is 34.6 Å². The molecule has 4 aliphatic heterocycles. The smallest absolute Gasteiger partial charge is 0.149 e. The van der Waals surface area contributed by atoms with Crippen molar-refractivity contribution in [2.24, 2.45) is 23.7 Å². The van der Waals surface area contributed by atoms with Gasteiger partial charge in [0.15, 0.2) is 0 Å². The first-order valence-electron chi connectivity index (χ1n) is 18.7. The summed E-state index contributed by atoms with van der Waals surface area (Å²) in [4.78, 5) is 37.4. The molecule has 0 aromatic heterocycles. The summed E-state index contributed by atoms with van der Waals surface area (Å²) in [5, 5.41) is 0. The summed E-state index contributed by atoms with van der Waals surface area (Å²) < 4.78 is 0. The number of carbonyl (C=O) groups excluding carboxylic acids is 2. The second-order valence-corrected chi connectivity index (χ2v) is 15.8. The normalized spacial score (nSPS) is 22.9. The van der Waals surface area contributed by atoms with Crippen molar-refractivity contribution in [2.45, 2.75) is 100 Å². The second-order valence-electron chi connectivity index (χ2n) is 15.8. The first-order valence-corrected chi connectivity index (χ1v) is 18.7. The highest BCUT2D eigenvalue weighted by Gasteiger charge is 2.26. The van der Waals surface area contributed by atoms with Crippen LogP contribution in [0, 0.1) is 23.7 Å². The molecular weight excluding hydrogens is 560 g/mol. The second kappa shape index (κ2) is 21.9. The van der Waals surface area contributed by atoms with Gasteiger partial charge in [0.2, 0.25) is 0 Å². The molecule has 0 bridgehead atoms. The molecule has 0 radical (unpaired) electrons. The summed E-state index contributed by atoms with van der Waals surface area (Å²) >= 11 is 0. The first kappa shape index (κ1) is 40.3. The Morgan fingerprint density at radius 3 is 1.33 bits per heavy atom. The van der Waals surface area contributed by atoms with Crippen LogP contribution in [-0.4, -0.2) is 158 Å². The number of ketones is 1. The molecule has 8 nitrogen and oxygen atoms in total. The van der Waals surface area contributed by atoms with E-state index in [0.29, 0.717) is 31.0 Å². The Hall–Kier alpha value is -0.900. The lowest BCUT2D eigenvalue weighted by Gasteiger charge is -2.40. The Bertz CT molecular complexity index is 771. The van der Waals surface area contributed by atoms with Crippen molar-refractivity contribution in [2.75, 3.05) is 105 Å². The molecule has 4 heterocycles. The van der Waals surface area contributed by atoms with Crippen LogP contribution in [0.25, 0.3) is 0 Å². The molecule has 0 saturated carbocycles. The fraction of sp³-hybridized carbons (Fsp3) is 0.946. The lowest BCUT2D eigenvalue weighted by Crippen LogP contribution is -2.50. The van der Waals surface area contributed by atoms with E-state index >= 15 is 0 Å². The summed E-state index contributed by atoms with van der Waals surface area (Å²) in [7, 11) is 0. The van der Waals surface area contributed by atoms with Crippen LogP contribution < -0.4 is 0 Å². The minimum absolute atomic E-state index is 0.176. The van der Waals surface area contributed by atoms with E-state index in [-0.39, 0.29) is 5.92 Å². The Labute approximate surface area is 279 Å². The average Bonchev–Trinajstić information content (AvgIpc) is 3.00. The van der Waals surface area contributed by atoms with E-state index in [9.17, 15) is 9.59 Å². The van der Waals surface area contributed by atoms with E-state index in [0.717, 1.165) is 63.3 Å². The van der Waals surface area contributed by atoms with Crippen LogP contribution >= 0.6 is 0 Å². The van der Waals surface area contributed by atoms with E-state index in [1.807, 2.05) is 13.8 Å². The molecule has 4 rings (SSSR count). The number of nitrogens with zero attached hydrogens (tertiary/aromatic N) is 6. The maximum atomic E-state index is 11.8. The average molecular weight is 635 g/mol. The molecule has 0 spiro atoms. The minimum Gasteiger partial charge on any atom is -0.302 e. The van der Waals surface area contributed by atoms with Crippen LogP contribution in [-0.2, 0) is 9.59 Å². The van der Waals surface area contributed by atoms with Gasteiger partial charge in [0, 0.05) is 83.4 Å². The summed E-state index contributed by atoms with van der Waals surface area (Å²) in [5.41, 5.74) is 0. The topological polar surface area (TPSA) is 53.6 Å². The van der Waals surface area contributed by atoms with Crippen LogP contribution in [0.1, 0.15) is 88.0 Å². The van der Waals surface area contributed by atoms with Crippen molar-refractivity contribution in [1.29, 1.82) is 0 Å². The Kier molecular flexibility index (Phi) is 19.6. The Balaban J connectivity index is 0.000000283. The van der Waals surface area contributed by atoms with E-state index in [4.69, 9.17) is 0 Å². The van der Waals surface area contributed by atoms with Crippen LogP contribution in [0.4, 0.5) is 0 Å². The molecule has 0 amide bonds. The van der Waals surface area contributed by atoms with Crippen molar-refractivity contribution in [1.82, 2.24) is 29.4 Å². The lowest BCUT2D eigenvalue weighted by molar-refractivity contribution is -0.123. The summed E-state index contributed by atoms with van der Waals surface area (Å²) in [6.07, 6.45) is 6.25. The zero-order chi connectivity index (χ0) is 33.4. The van der Waals surface area contributed by atoms with Crippen LogP contribution in [0.15, 0.2) is 0 Å². The SMILES string of the molecule is CC(C)C.CC(C)C(=O)CN1CCC(CN2CCN(C(C)C)CC2)CC1.CC(C)N1CCC(CN2CCN(CC=O)CC2)CC1. The van der Waals surface area contributed by atoms with Crippen molar-refractivity contribution < 1.29 is 9.59 Å². The largest absolute Gasteiger partial charge is 0.302 e. The van der Waals surface area contributed by atoms with E-state index in [1.165, 1.54) is 78.0 Å². The fourth-order valence-electron chi connectivity index (χ4n) is 6.83. The molecule has 0 N–H and O–H groups in total. The van der Waals surface area contributed by atoms with Crippen LogP contribution in [0.2, 0.25) is 0 Å². The molecule has 4 fully saturated rings. The quantitative estimate of drug-likeness (QED) is 0.308. The van der Waals surface area contributed by atoms with Crippen LogP contribution in [0.3, 0.4) is 0 Å². The van der Waals surface area contributed by atoms with Gasteiger partial charge in [-0.25, -0.2) is 0 Å². The van der Waals surface area contributed by atoms with E-state index in [1.54, 1.807) is 0 Å². The van der Waals surface area contributed by atoms with Gasteiger partial charge in [0.1, 0.15) is 12.1 Å². The van der Waals surface area contributed by atoms with Crippen molar-refractivity contribution in [3.63, 3.8) is 0 Å². The molecule has 8 heteroatoms. The van der Waals surface area contributed by atoms with Gasteiger partial charge in [-0.15, -0.1) is 0 Å². The third-order valence-corrected chi connectivity index (χ3v) is 10.1. The predicted molar refractivity (Wildman–Crippen MR) is 191 cm³/mol. The number of carbonyl (C=O) groups is 2. The van der Waals surface area contributed by atoms with E-state index < -0.39 is 0 Å². The van der Waals surface area contributed by atoms with Crippen molar-refractivity contribution >= 4 is 12.1 Å². The third-order valence-electron chi connectivity index (χ3n) is 10.1. The van der Waals surface area contributed by atoms with Gasteiger partial charge in [0.05, 0.1) is 13.1 Å². The standard InChI is InChI=1S/C18H35N3O.C15H29N3O.C4H10/c1-15(2)18(22)14-19-7-5-17(6-8-19)13-20-9-11-21(12-10-20)16(3)4;1-14(2)18-5-3-15(4-6-18)13-17-9-7-16(8-10-17)11-12-19;1-4(2)3/h15-17H,5-14H2,1-4H3;12,14-15H,3-11,13H2,1-2H3;4H,1-3H3. The summed E-state index contributed by atoms with van der Waals surface area (Å²) in [5.74, 6) is 3.11. The highest BCUT2D eigenvalue weighted by molar-refractivity contribution is 5.82. The molecule has 0 aromatic rings. The maximum Gasteiger partial charge on any atom is 0.149 e. The molecule has 4 aliphatic rings. The third kappa shape index (κ3) is 16.7. The van der Waals surface area contributed by atoms with Gasteiger partial charge in [-0.2, -0.15) is 0 Å². The molecule has 45 heavy (non-hydrogen) atoms. The van der Waals surface area contributed by atoms with Gasteiger partial charge < -0.3 is 19.5 Å². The molecule has 0 atom stereocenters. The predicted octanol–water partition coefficient (Wildman–Crippen LogP) is 4.54. The maximum absolute atomic E-state index is 11.8. The van der Waals surface area contributed by atoms with E-state index in [2.05, 4.69) is 77.9 Å². The van der Waals surface area contributed by atoms with Gasteiger partial charge in [-0.3, -0.25) is 19.5 Å². The number of aldehydes is 1. The first-order chi connectivity index (χ1) is 21.4. The number of hydrogen-bond donors (Lipinski definition) is 0. The molecule has 0 aliphatic carbocycles. The molecule has 0 unspecified atom stereocenters. The number of hydrogen-bond acceptors (Lipinski definition) is 8. The number of piperazine rings is 2. The van der Waals surface area contributed by atoms with Crippen LogP contribution in [0.5, 0.6) is 0 Å². The molecule has 264 valence electrons. The lowest BCUT2D eigenvalue weighted by atomic mass is 9.95. The van der Waals surface area contributed by atoms with Gasteiger partial charge in [0.25, 0.3) is 0 Å². The zero-order valence-electron chi connectivity index (χ0n) is 31.2.